The van der Waals surface area contributed by atoms with Gasteiger partial charge in [-0.3, -0.25) is 10.1 Å². The van der Waals surface area contributed by atoms with Crippen LogP contribution in [0.5, 0.6) is 5.75 Å². The van der Waals surface area contributed by atoms with Gasteiger partial charge in [0.25, 0.3) is 5.91 Å². The van der Waals surface area contributed by atoms with E-state index in [4.69, 9.17) is 4.74 Å². The van der Waals surface area contributed by atoms with Crippen LogP contribution in [0.2, 0.25) is 0 Å². The molecule has 1 saturated heterocycles. The van der Waals surface area contributed by atoms with Crippen LogP contribution >= 0.6 is 0 Å². The minimum absolute atomic E-state index is 0.241. The standard InChI is InChI=1S/C20H32N4O3/c1-6-27-17-10-8-7-9-16(17)24-13-11-23(12-14-24)15(2)18(25)21-19(26)22-20(3,4)5/h7-10,15H,6,11-14H2,1-5H3,(H2,21,22,25,26)/p+1/t15-/m0/s1. The van der Waals surface area contributed by atoms with Crippen LogP contribution in [-0.2, 0) is 4.79 Å². The molecule has 0 saturated carbocycles. The van der Waals surface area contributed by atoms with Crippen molar-refractivity contribution in [2.45, 2.75) is 46.2 Å². The van der Waals surface area contributed by atoms with Gasteiger partial charge in [0.15, 0.2) is 6.04 Å². The van der Waals surface area contributed by atoms with Crippen molar-refractivity contribution in [3.05, 3.63) is 24.3 Å². The number of quaternary nitrogens is 1. The molecule has 150 valence electrons. The highest BCUT2D eigenvalue weighted by Crippen LogP contribution is 2.27. The number of carbonyl (C=O) groups excluding carboxylic acids is 2. The molecule has 1 heterocycles. The first-order valence-electron chi connectivity index (χ1n) is 9.65. The third-order valence-electron chi connectivity index (χ3n) is 4.64. The van der Waals surface area contributed by atoms with Gasteiger partial charge < -0.3 is 19.9 Å². The number of carbonyl (C=O) groups is 2. The molecule has 1 aromatic rings. The smallest absolute Gasteiger partial charge is 0.322 e. The summed E-state index contributed by atoms with van der Waals surface area (Å²) in [6.07, 6.45) is 0. The van der Waals surface area contributed by atoms with Gasteiger partial charge in [-0.15, -0.1) is 0 Å². The molecule has 3 amide bonds. The molecule has 0 unspecified atom stereocenters. The molecule has 0 radical (unpaired) electrons. The molecule has 1 aromatic carbocycles. The highest BCUT2D eigenvalue weighted by atomic mass is 16.5. The predicted octanol–water partition coefficient (Wildman–Crippen LogP) is 0.803. The van der Waals surface area contributed by atoms with Gasteiger partial charge in [-0.05, 0) is 46.8 Å². The molecule has 7 nitrogen and oxygen atoms in total. The largest absolute Gasteiger partial charge is 0.492 e. The zero-order valence-corrected chi connectivity index (χ0v) is 17.1. The number of rotatable bonds is 5. The number of nitrogens with zero attached hydrogens (tertiary/aromatic N) is 1. The first-order valence-corrected chi connectivity index (χ1v) is 9.65. The number of amides is 3. The average Bonchev–Trinajstić information content (AvgIpc) is 2.60. The van der Waals surface area contributed by atoms with Crippen LogP contribution in [0.1, 0.15) is 34.6 Å². The number of para-hydroxylation sites is 2. The summed E-state index contributed by atoms with van der Waals surface area (Å²) in [7, 11) is 0. The fourth-order valence-corrected chi connectivity index (χ4v) is 3.24. The van der Waals surface area contributed by atoms with Crippen LogP contribution in [0.15, 0.2) is 24.3 Å². The first-order chi connectivity index (χ1) is 12.7. The molecule has 0 aromatic heterocycles. The number of nitrogens with one attached hydrogen (secondary N) is 3. The van der Waals surface area contributed by atoms with Gasteiger partial charge in [0.2, 0.25) is 0 Å². The minimum atomic E-state index is -0.442. The lowest BCUT2D eigenvalue weighted by Gasteiger charge is -2.36. The van der Waals surface area contributed by atoms with Gasteiger partial charge in [0.1, 0.15) is 5.75 Å². The molecule has 27 heavy (non-hydrogen) atoms. The van der Waals surface area contributed by atoms with Crippen LogP contribution in [0.3, 0.4) is 0 Å². The molecule has 1 aliphatic heterocycles. The second-order valence-electron chi connectivity index (χ2n) is 7.96. The summed E-state index contributed by atoms with van der Waals surface area (Å²) in [5, 5.41) is 5.21. The third-order valence-corrected chi connectivity index (χ3v) is 4.64. The van der Waals surface area contributed by atoms with E-state index in [9.17, 15) is 9.59 Å². The van der Waals surface area contributed by atoms with Crippen molar-refractivity contribution in [3.63, 3.8) is 0 Å². The summed E-state index contributed by atoms with van der Waals surface area (Å²) in [5.41, 5.74) is 0.722. The van der Waals surface area contributed by atoms with E-state index in [2.05, 4.69) is 21.6 Å². The zero-order chi connectivity index (χ0) is 20.0. The van der Waals surface area contributed by atoms with E-state index >= 15 is 0 Å². The molecular weight excluding hydrogens is 344 g/mol. The molecular formula is C20H33N4O3+. The van der Waals surface area contributed by atoms with Crippen molar-refractivity contribution in [3.8, 4) is 5.75 Å². The summed E-state index contributed by atoms with van der Waals surface area (Å²) in [5.74, 6) is 0.656. The van der Waals surface area contributed by atoms with Crippen molar-refractivity contribution in [1.82, 2.24) is 10.6 Å². The van der Waals surface area contributed by atoms with Crippen molar-refractivity contribution in [2.24, 2.45) is 0 Å². The Labute approximate surface area is 162 Å². The van der Waals surface area contributed by atoms with Crippen LogP contribution < -0.4 is 25.2 Å². The monoisotopic (exact) mass is 377 g/mol. The highest BCUT2D eigenvalue weighted by molar-refractivity contribution is 5.96. The average molecular weight is 378 g/mol. The summed E-state index contributed by atoms with van der Waals surface area (Å²) in [6, 6.07) is 7.33. The van der Waals surface area contributed by atoms with Crippen LogP contribution in [0.25, 0.3) is 0 Å². The second-order valence-corrected chi connectivity index (χ2v) is 7.96. The number of imide groups is 1. The number of hydrogen-bond donors (Lipinski definition) is 3. The van der Waals surface area contributed by atoms with Crippen molar-refractivity contribution >= 4 is 17.6 Å². The molecule has 0 bridgehead atoms. The van der Waals surface area contributed by atoms with E-state index in [-0.39, 0.29) is 17.5 Å². The molecule has 1 fully saturated rings. The van der Waals surface area contributed by atoms with E-state index in [1.54, 1.807) is 0 Å². The third kappa shape index (κ3) is 6.13. The molecule has 0 aliphatic carbocycles. The number of anilines is 1. The van der Waals surface area contributed by atoms with Gasteiger partial charge >= 0.3 is 6.03 Å². The Bertz CT molecular complexity index is 649. The van der Waals surface area contributed by atoms with E-state index in [1.165, 1.54) is 4.90 Å². The lowest BCUT2D eigenvalue weighted by molar-refractivity contribution is -0.914. The van der Waals surface area contributed by atoms with Gasteiger partial charge in [0, 0.05) is 5.54 Å². The van der Waals surface area contributed by atoms with Crippen LogP contribution in [0.4, 0.5) is 10.5 Å². The Morgan fingerprint density at radius 1 is 1.22 bits per heavy atom. The summed E-state index contributed by atoms with van der Waals surface area (Å²) >= 11 is 0. The Hall–Kier alpha value is -2.28. The lowest BCUT2D eigenvalue weighted by Crippen LogP contribution is -3.19. The maximum absolute atomic E-state index is 12.4. The number of hydrogen-bond acceptors (Lipinski definition) is 4. The zero-order valence-electron chi connectivity index (χ0n) is 17.1. The van der Waals surface area contributed by atoms with Gasteiger partial charge in [-0.1, -0.05) is 12.1 Å². The SMILES string of the molecule is CCOc1ccccc1N1CC[NH+]([C@@H](C)C(=O)NC(=O)NC(C)(C)C)CC1. The van der Waals surface area contributed by atoms with Crippen molar-refractivity contribution < 1.29 is 19.2 Å². The summed E-state index contributed by atoms with van der Waals surface area (Å²) in [6.45, 7) is 13.5. The molecule has 3 N–H and O–H groups in total. The van der Waals surface area contributed by atoms with Gasteiger partial charge in [-0.2, -0.15) is 0 Å². The van der Waals surface area contributed by atoms with Crippen LogP contribution in [-0.4, -0.2) is 56.3 Å². The van der Waals surface area contributed by atoms with E-state index in [1.807, 2.05) is 52.8 Å². The molecule has 1 atom stereocenters. The number of ether oxygens (including phenoxy) is 1. The summed E-state index contributed by atoms with van der Waals surface area (Å²) < 4.78 is 5.73. The Morgan fingerprint density at radius 2 is 1.85 bits per heavy atom. The normalized spacial score (nSPS) is 16.6. The lowest BCUT2D eigenvalue weighted by atomic mass is 10.1. The fourth-order valence-electron chi connectivity index (χ4n) is 3.24. The molecule has 7 heteroatoms. The van der Waals surface area contributed by atoms with Crippen LogP contribution in [0, 0.1) is 0 Å². The topological polar surface area (TPSA) is 75.1 Å². The Balaban J connectivity index is 1.89. The quantitative estimate of drug-likeness (QED) is 0.710. The minimum Gasteiger partial charge on any atom is -0.492 e. The molecule has 2 rings (SSSR count). The van der Waals surface area contributed by atoms with E-state index in [0.717, 1.165) is 37.6 Å². The number of urea groups is 1. The first kappa shape index (κ1) is 21.0. The fraction of sp³-hybridized carbons (Fsp3) is 0.600. The van der Waals surface area contributed by atoms with E-state index in [0.29, 0.717) is 6.61 Å². The molecule has 1 aliphatic rings. The van der Waals surface area contributed by atoms with Crippen molar-refractivity contribution in [2.75, 3.05) is 37.7 Å². The van der Waals surface area contributed by atoms with E-state index < -0.39 is 6.03 Å². The predicted molar refractivity (Wildman–Crippen MR) is 106 cm³/mol. The number of piperazine rings is 1. The summed E-state index contributed by atoms with van der Waals surface area (Å²) in [4.78, 5) is 27.8. The Morgan fingerprint density at radius 3 is 2.44 bits per heavy atom. The maximum atomic E-state index is 12.4. The second kappa shape index (κ2) is 9.08. The van der Waals surface area contributed by atoms with Gasteiger partial charge in [0.05, 0.1) is 38.5 Å². The highest BCUT2D eigenvalue weighted by Gasteiger charge is 2.31. The molecule has 0 spiro atoms. The number of benzene rings is 1. The van der Waals surface area contributed by atoms with Crippen molar-refractivity contribution in [1.29, 1.82) is 0 Å². The maximum Gasteiger partial charge on any atom is 0.322 e. The Kier molecular flexibility index (Phi) is 7.07. The van der Waals surface area contributed by atoms with Gasteiger partial charge in [-0.25, -0.2) is 4.79 Å².